The van der Waals surface area contributed by atoms with Gasteiger partial charge in [0.2, 0.25) is 5.88 Å². The first-order chi connectivity index (χ1) is 16.2. The van der Waals surface area contributed by atoms with E-state index in [2.05, 4.69) is 10.1 Å². The molecule has 0 saturated heterocycles. The average Bonchev–Trinajstić information content (AvgIpc) is 3.34. The monoisotopic (exact) mass is 439 g/mol. The summed E-state index contributed by atoms with van der Waals surface area (Å²) < 4.78 is 18.8. The summed E-state index contributed by atoms with van der Waals surface area (Å²) in [4.78, 5) is 17.2. The Balaban J connectivity index is 1.29. The number of pyridine rings is 1. The van der Waals surface area contributed by atoms with Gasteiger partial charge in [-0.25, -0.2) is 9.67 Å². The van der Waals surface area contributed by atoms with E-state index < -0.39 is 0 Å². The first kappa shape index (κ1) is 20.5. The molecule has 3 heterocycles. The zero-order valence-corrected chi connectivity index (χ0v) is 18.0. The number of methoxy groups -OCH3 is 1. The van der Waals surface area contributed by atoms with Gasteiger partial charge in [0.15, 0.2) is 5.78 Å². The van der Waals surface area contributed by atoms with Gasteiger partial charge in [-0.2, -0.15) is 5.10 Å². The summed E-state index contributed by atoms with van der Waals surface area (Å²) in [6.45, 7) is 0.517. The third kappa shape index (κ3) is 4.34. The topological polar surface area (TPSA) is 75.5 Å². The molecule has 0 unspecified atom stereocenters. The number of hydrogen-bond acceptors (Lipinski definition) is 6. The minimum absolute atomic E-state index is 0.0853. The second-order valence-corrected chi connectivity index (χ2v) is 7.46. The number of ether oxygens (including phenoxy) is 3. The summed E-state index contributed by atoms with van der Waals surface area (Å²) >= 11 is 0. The molecular weight excluding hydrogens is 418 g/mol. The number of benzene rings is 2. The first-order valence-corrected chi connectivity index (χ1v) is 10.4. The van der Waals surface area contributed by atoms with Gasteiger partial charge >= 0.3 is 0 Å². The molecule has 0 aliphatic carbocycles. The molecular formula is C26H21N3O4. The van der Waals surface area contributed by atoms with Gasteiger partial charge in [-0.1, -0.05) is 18.2 Å². The predicted octanol–water partition coefficient (Wildman–Crippen LogP) is 4.51. The van der Waals surface area contributed by atoms with Crippen molar-refractivity contribution in [3.05, 3.63) is 102 Å². The molecule has 4 aromatic rings. The lowest BCUT2D eigenvalue weighted by Crippen LogP contribution is -2.19. The highest BCUT2D eigenvalue weighted by atomic mass is 16.5. The molecule has 0 radical (unpaired) electrons. The smallest absolute Gasteiger partial charge is 0.220 e. The molecule has 7 nitrogen and oxygen atoms in total. The summed E-state index contributed by atoms with van der Waals surface area (Å²) in [7, 11) is 1.55. The number of Topliss-reactive ketones (excluding diaryl/α,β-unsaturated/α-hetero) is 1. The largest absolute Gasteiger partial charge is 0.489 e. The highest BCUT2D eigenvalue weighted by Gasteiger charge is 2.24. The van der Waals surface area contributed by atoms with Crippen LogP contribution in [-0.4, -0.2) is 34.3 Å². The fraction of sp³-hybridized carbons (Fsp3) is 0.115. The Hall–Kier alpha value is -4.39. The van der Waals surface area contributed by atoms with Crippen molar-refractivity contribution in [2.45, 2.75) is 6.61 Å². The van der Waals surface area contributed by atoms with Crippen LogP contribution in [-0.2, 0) is 6.61 Å². The molecule has 0 spiro atoms. The molecule has 1 aliphatic rings. The lowest BCUT2D eigenvalue weighted by molar-refractivity contribution is 0.100. The van der Waals surface area contributed by atoms with Gasteiger partial charge < -0.3 is 14.2 Å². The Kier molecular flexibility index (Phi) is 5.59. The SMILES string of the molecule is COc1ncccc1C=C1COc2cc(OCc3cnn(-c4ccccc4)c3)ccc2C1=O. The van der Waals surface area contributed by atoms with Gasteiger partial charge in [0.1, 0.15) is 24.7 Å². The lowest BCUT2D eigenvalue weighted by atomic mass is 9.98. The lowest BCUT2D eigenvalue weighted by Gasteiger charge is -2.20. The van der Waals surface area contributed by atoms with Crippen LogP contribution in [0.2, 0.25) is 0 Å². The number of rotatable bonds is 6. The van der Waals surface area contributed by atoms with Crippen molar-refractivity contribution in [1.82, 2.24) is 14.8 Å². The van der Waals surface area contributed by atoms with Crippen molar-refractivity contribution < 1.29 is 19.0 Å². The minimum Gasteiger partial charge on any atom is -0.489 e. The van der Waals surface area contributed by atoms with Gasteiger partial charge in [-0.05, 0) is 42.5 Å². The van der Waals surface area contributed by atoms with Crippen LogP contribution >= 0.6 is 0 Å². The molecule has 5 rings (SSSR count). The number of carbonyl (C=O) groups is 1. The number of aromatic nitrogens is 3. The van der Waals surface area contributed by atoms with E-state index in [1.54, 1.807) is 54.5 Å². The standard InChI is InChI=1S/C26H21N3O4/c1-31-26-19(6-5-11-27-26)12-20-17-33-24-13-22(9-10-23(24)25(20)30)32-16-18-14-28-29(15-18)21-7-3-2-4-8-21/h2-15H,16-17H2,1H3. The minimum atomic E-state index is -0.0853. The van der Waals surface area contributed by atoms with Crippen LogP contribution in [0, 0.1) is 0 Å². The summed E-state index contributed by atoms with van der Waals surface area (Å²) in [5, 5.41) is 4.38. The quantitative estimate of drug-likeness (QED) is 0.412. The van der Waals surface area contributed by atoms with E-state index in [0.29, 0.717) is 35.1 Å². The summed E-state index contributed by atoms with van der Waals surface area (Å²) in [6, 6.07) is 18.8. The molecule has 0 atom stereocenters. The number of ketones is 1. The molecule has 0 N–H and O–H groups in total. The number of hydrogen-bond donors (Lipinski definition) is 0. The maximum Gasteiger partial charge on any atom is 0.220 e. The van der Waals surface area contributed by atoms with E-state index in [1.165, 1.54) is 0 Å². The van der Waals surface area contributed by atoms with E-state index in [-0.39, 0.29) is 12.4 Å². The third-order valence-electron chi connectivity index (χ3n) is 5.26. The van der Waals surface area contributed by atoms with E-state index in [0.717, 1.165) is 16.8 Å². The second kappa shape index (κ2) is 9.00. The molecule has 1 aliphatic heterocycles. The van der Waals surface area contributed by atoms with Crippen LogP contribution in [0.5, 0.6) is 17.4 Å². The van der Waals surface area contributed by atoms with Crippen molar-refractivity contribution in [1.29, 1.82) is 0 Å². The van der Waals surface area contributed by atoms with E-state index >= 15 is 0 Å². The van der Waals surface area contributed by atoms with Crippen molar-refractivity contribution in [2.75, 3.05) is 13.7 Å². The Bertz CT molecular complexity index is 1330. The number of nitrogens with zero attached hydrogens (tertiary/aromatic N) is 3. The zero-order valence-electron chi connectivity index (χ0n) is 18.0. The van der Waals surface area contributed by atoms with E-state index in [4.69, 9.17) is 14.2 Å². The van der Waals surface area contributed by atoms with Crippen molar-refractivity contribution in [3.8, 4) is 23.1 Å². The Morgan fingerprint density at radius 2 is 2.00 bits per heavy atom. The Labute approximate surface area is 190 Å². The Morgan fingerprint density at radius 1 is 1.12 bits per heavy atom. The maximum atomic E-state index is 13.0. The Morgan fingerprint density at radius 3 is 2.85 bits per heavy atom. The van der Waals surface area contributed by atoms with Gasteiger partial charge in [0.05, 0.1) is 24.6 Å². The van der Waals surface area contributed by atoms with Gasteiger partial charge in [-0.15, -0.1) is 0 Å². The normalized spacial score (nSPS) is 14.0. The molecule has 7 heteroatoms. The molecule has 0 saturated carbocycles. The number of fused-ring (bicyclic) bond motifs is 1. The maximum absolute atomic E-state index is 13.0. The van der Waals surface area contributed by atoms with E-state index in [9.17, 15) is 4.79 Å². The average molecular weight is 439 g/mol. The fourth-order valence-corrected chi connectivity index (χ4v) is 3.60. The molecule has 164 valence electrons. The summed E-state index contributed by atoms with van der Waals surface area (Å²) in [5.74, 6) is 1.50. The van der Waals surface area contributed by atoms with Crippen LogP contribution in [0.15, 0.2) is 84.8 Å². The van der Waals surface area contributed by atoms with Crippen molar-refractivity contribution in [3.63, 3.8) is 0 Å². The highest BCUT2D eigenvalue weighted by molar-refractivity contribution is 6.14. The predicted molar refractivity (Wildman–Crippen MR) is 123 cm³/mol. The molecule has 0 bridgehead atoms. The molecule has 33 heavy (non-hydrogen) atoms. The molecule has 0 amide bonds. The van der Waals surface area contributed by atoms with Crippen LogP contribution in [0.3, 0.4) is 0 Å². The highest BCUT2D eigenvalue weighted by Crippen LogP contribution is 2.32. The van der Waals surface area contributed by atoms with Crippen LogP contribution in [0.25, 0.3) is 11.8 Å². The van der Waals surface area contributed by atoms with Crippen molar-refractivity contribution in [2.24, 2.45) is 0 Å². The fourth-order valence-electron chi connectivity index (χ4n) is 3.60. The summed E-state index contributed by atoms with van der Waals surface area (Å²) in [5.41, 5.74) is 3.68. The number of para-hydroxylation sites is 1. The third-order valence-corrected chi connectivity index (χ3v) is 5.26. The number of carbonyl (C=O) groups excluding carboxylic acids is 1. The zero-order chi connectivity index (χ0) is 22.6. The first-order valence-electron chi connectivity index (χ1n) is 10.4. The molecule has 2 aromatic carbocycles. The van der Waals surface area contributed by atoms with Gasteiger partial charge in [0, 0.05) is 35.2 Å². The molecule has 2 aromatic heterocycles. The second-order valence-electron chi connectivity index (χ2n) is 7.46. The van der Waals surface area contributed by atoms with Gasteiger partial charge in [0.25, 0.3) is 0 Å². The van der Waals surface area contributed by atoms with Crippen LogP contribution in [0.1, 0.15) is 21.5 Å². The van der Waals surface area contributed by atoms with Crippen molar-refractivity contribution >= 4 is 11.9 Å². The summed E-state index contributed by atoms with van der Waals surface area (Å²) in [6.07, 6.45) is 7.10. The molecule has 0 fully saturated rings. The van der Waals surface area contributed by atoms with Crippen LogP contribution < -0.4 is 14.2 Å². The van der Waals surface area contributed by atoms with E-state index in [1.807, 2.05) is 42.6 Å². The van der Waals surface area contributed by atoms with Crippen LogP contribution in [0.4, 0.5) is 0 Å². The van der Waals surface area contributed by atoms with Gasteiger partial charge in [-0.3, -0.25) is 4.79 Å².